The fraction of sp³-hybridized carbons (Fsp3) is 0.200. The van der Waals surface area contributed by atoms with Crippen LogP contribution in [0, 0.1) is 5.82 Å². The largest absolute Gasteiger partial charge is 0.273 e. The minimum atomic E-state index is -0.671. The summed E-state index contributed by atoms with van der Waals surface area (Å²) in [6.45, 7) is 1.64. The first kappa shape index (κ1) is 11.2. The molecule has 0 fully saturated rings. The molecule has 0 atom stereocenters. The zero-order valence-corrected chi connectivity index (χ0v) is 8.21. The average Bonchev–Trinajstić information content (AvgIpc) is 2.26. The number of hydrazine groups is 1. The third-order valence-electron chi connectivity index (χ3n) is 1.76. The summed E-state index contributed by atoms with van der Waals surface area (Å²) in [5, 5.41) is 0. The van der Waals surface area contributed by atoms with Crippen LogP contribution in [0.1, 0.15) is 23.7 Å². The third kappa shape index (κ3) is 3.05. The van der Waals surface area contributed by atoms with Gasteiger partial charge in [-0.15, -0.1) is 0 Å². The number of benzene rings is 1. The Labute approximate surface area is 86.4 Å². The Hall–Kier alpha value is -1.91. The van der Waals surface area contributed by atoms with Crippen LogP contribution in [-0.2, 0) is 4.79 Å². The summed E-state index contributed by atoms with van der Waals surface area (Å²) in [5.74, 6) is -1.63. The maximum Gasteiger partial charge on any atom is 0.272 e. The highest BCUT2D eigenvalue weighted by Crippen LogP contribution is 2.04. The van der Waals surface area contributed by atoms with Crippen LogP contribution in [0.3, 0.4) is 0 Å². The molecule has 15 heavy (non-hydrogen) atoms. The predicted octanol–water partition coefficient (Wildman–Crippen LogP) is 0.997. The molecule has 0 saturated heterocycles. The van der Waals surface area contributed by atoms with Gasteiger partial charge in [0.25, 0.3) is 5.91 Å². The first-order chi connectivity index (χ1) is 7.15. The van der Waals surface area contributed by atoms with Crippen molar-refractivity contribution in [1.82, 2.24) is 10.9 Å². The minimum absolute atomic E-state index is 0.103. The first-order valence-electron chi connectivity index (χ1n) is 4.49. The molecular weight excluding hydrogens is 199 g/mol. The van der Waals surface area contributed by atoms with Crippen LogP contribution in [-0.4, -0.2) is 11.8 Å². The van der Waals surface area contributed by atoms with Gasteiger partial charge in [0, 0.05) is 6.42 Å². The van der Waals surface area contributed by atoms with Gasteiger partial charge < -0.3 is 0 Å². The van der Waals surface area contributed by atoms with Crippen LogP contribution in [0.2, 0.25) is 0 Å². The Kier molecular flexibility index (Phi) is 3.79. The van der Waals surface area contributed by atoms with Crippen LogP contribution in [0.25, 0.3) is 0 Å². The van der Waals surface area contributed by atoms with E-state index in [2.05, 4.69) is 10.9 Å². The van der Waals surface area contributed by atoms with Gasteiger partial charge in [-0.05, 0) is 12.1 Å². The SMILES string of the molecule is CCC(=O)NNC(=O)c1ccccc1F. The molecule has 1 rings (SSSR count). The first-order valence-corrected chi connectivity index (χ1v) is 4.49. The van der Waals surface area contributed by atoms with Crippen molar-refractivity contribution >= 4 is 11.8 Å². The monoisotopic (exact) mass is 210 g/mol. The number of halogens is 1. The van der Waals surface area contributed by atoms with E-state index >= 15 is 0 Å². The van der Waals surface area contributed by atoms with Crippen LogP contribution >= 0.6 is 0 Å². The highest BCUT2D eigenvalue weighted by Gasteiger charge is 2.10. The predicted molar refractivity (Wildman–Crippen MR) is 52.3 cm³/mol. The number of hydrogen-bond donors (Lipinski definition) is 2. The molecule has 1 aromatic rings. The van der Waals surface area contributed by atoms with Crippen molar-refractivity contribution in [3.63, 3.8) is 0 Å². The lowest BCUT2D eigenvalue weighted by molar-refractivity contribution is -0.121. The van der Waals surface area contributed by atoms with E-state index in [0.717, 1.165) is 0 Å². The van der Waals surface area contributed by atoms with Gasteiger partial charge >= 0.3 is 0 Å². The van der Waals surface area contributed by atoms with Gasteiger partial charge in [0.15, 0.2) is 0 Å². The Balaban J connectivity index is 2.62. The summed E-state index contributed by atoms with van der Waals surface area (Å²) in [6.07, 6.45) is 0.248. The molecule has 0 aliphatic heterocycles. The van der Waals surface area contributed by atoms with E-state index in [-0.39, 0.29) is 17.9 Å². The topological polar surface area (TPSA) is 58.2 Å². The summed E-state index contributed by atoms with van der Waals surface area (Å²) in [7, 11) is 0. The average molecular weight is 210 g/mol. The Bertz CT molecular complexity index is 379. The van der Waals surface area contributed by atoms with Gasteiger partial charge in [-0.25, -0.2) is 4.39 Å². The van der Waals surface area contributed by atoms with Crippen LogP contribution in [0.4, 0.5) is 4.39 Å². The molecule has 0 bridgehead atoms. The fourth-order valence-corrected chi connectivity index (χ4v) is 0.928. The minimum Gasteiger partial charge on any atom is -0.273 e. The molecule has 5 heteroatoms. The number of amides is 2. The van der Waals surface area contributed by atoms with Crippen molar-refractivity contribution in [3.05, 3.63) is 35.6 Å². The van der Waals surface area contributed by atoms with E-state index in [9.17, 15) is 14.0 Å². The zero-order chi connectivity index (χ0) is 11.3. The molecule has 0 radical (unpaired) electrons. The number of carbonyl (C=O) groups is 2. The molecule has 0 spiro atoms. The van der Waals surface area contributed by atoms with Gasteiger partial charge in [-0.2, -0.15) is 0 Å². The quantitative estimate of drug-likeness (QED) is 0.715. The van der Waals surface area contributed by atoms with Crippen molar-refractivity contribution in [2.75, 3.05) is 0 Å². The maximum atomic E-state index is 13.1. The third-order valence-corrected chi connectivity index (χ3v) is 1.76. The molecule has 2 N–H and O–H groups in total. The second-order valence-corrected chi connectivity index (χ2v) is 2.84. The Morgan fingerprint density at radius 1 is 1.27 bits per heavy atom. The summed E-state index contributed by atoms with van der Waals surface area (Å²) >= 11 is 0. The number of carbonyl (C=O) groups excluding carboxylic acids is 2. The van der Waals surface area contributed by atoms with E-state index in [1.807, 2.05) is 0 Å². The van der Waals surface area contributed by atoms with Gasteiger partial charge in [-0.3, -0.25) is 20.4 Å². The van der Waals surface area contributed by atoms with Crippen molar-refractivity contribution in [1.29, 1.82) is 0 Å². The van der Waals surface area contributed by atoms with Crippen LogP contribution in [0.15, 0.2) is 24.3 Å². The molecule has 0 unspecified atom stereocenters. The smallest absolute Gasteiger partial charge is 0.272 e. The second kappa shape index (κ2) is 5.09. The summed E-state index contributed by atoms with van der Waals surface area (Å²) < 4.78 is 13.1. The lowest BCUT2D eigenvalue weighted by Gasteiger charge is -2.06. The van der Waals surface area contributed by atoms with Crippen LogP contribution < -0.4 is 10.9 Å². The molecular formula is C10H11FN2O2. The summed E-state index contributed by atoms with van der Waals surface area (Å²) in [5.41, 5.74) is 4.16. The van der Waals surface area contributed by atoms with Crippen molar-refractivity contribution in [3.8, 4) is 0 Å². The normalized spacial score (nSPS) is 9.47. The van der Waals surface area contributed by atoms with E-state index in [1.165, 1.54) is 18.2 Å². The molecule has 0 saturated carbocycles. The van der Waals surface area contributed by atoms with Gasteiger partial charge in [0.05, 0.1) is 5.56 Å². The van der Waals surface area contributed by atoms with Crippen molar-refractivity contribution in [2.45, 2.75) is 13.3 Å². The van der Waals surface area contributed by atoms with Gasteiger partial charge in [0.1, 0.15) is 5.82 Å². The molecule has 0 heterocycles. The van der Waals surface area contributed by atoms with E-state index < -0.39 is 11.7 Å². The zero-order valence-electron chi connectivity index (χ0n) is 8.21. The highest BCUT2D eigenvalue weighted by molar-refractivity contribution is 5.95. The highest BCUT2D eigenvalue weighted by atomic mass is 19.1. The fourth-order valence-electron chi connectivity index (χ4n) is 0.928. The standard InChI is InChI=1S/C10H11FN2O2/c1-2-9(14)12-13-10(15)7-5-3-4-6-8(7)11/h3-6H,2H2,1H3,(H,12,14)(H,13,15). The van der Waals surface area contributed by atoms with Crippen molar-refractivity contribution < 1.29 is 14.0 Å². The summed E-state index contributed by atoms with van der Waals surface area (Å²) in [4.78, 5) is 22.1. The van der Waals surface area contributed by atoms with Gasteiger partial charge in [0.2, 0.25) is 5.91 Å². The van der Waals surface area contributed by atoms with E-state index in [1.54, 1.807) is 13.0 Å². The lowest BCUT2D eigenvalue weighted by atomic mass is 10.2. The maximum absolute atomic E-state index is 13.1. The van der Waals surface area contributed by atoms with Crippen LogP contribution in [0.5, 0.6) is 0 Å². The molecule has 1 aromatic carbocycles. The Morgan fingerprint density at radius 3 is 2.53 bits per heavy atom. The van der Waals surface area contributed by atoms with Crippen molar-refractivity contribution in [2.24, 2.45) is 0 Å². The van der Waals surface area contributed by atoms with E-state index in [4.69, 9.17) is 0 Å². The number of hydrogen-bond acceptors (Lipinski definition) is 2. The molecule has 80 valence electrons. The van der Waals surface area contributed by atoms with E-state index in [0.29, 0.717) is 0 Å². The number of rotatable bonds is 2. The van der Waals surface area contributed by atoms with Gasteiger partial charge in [-0.1, -0.05) is 19.1 Å². The molecule has 0 aliphatic carbocycles. The molecule has 2 amide bonds. The molecule has 0 aliphatic rings. The molecule has 0 aromatic heterocycles. The molecule has 4 nitrogen and oxygen atoms in total. The number of nitrogens with one attached hydrogen (secondary N) is 2. The lowest BCUT2D eigenvalue weighted by Crippen LogP contribution is -2.41. The Morgan fingerprint density at radius 2 is 1.93 bits per heavy atom. The summed E-state index contributed by atoms with van der Waals surface area (Å²) in [6, 6.07) is 5.54. The second-order valence-electron chi connectivity index (χ2n) is 2.84.